The maximum Gasteiger partial charge on any atom is 0.573 e. The highest BCUT2D eigenvalue weighted by Crippen LogP contribution is 2.41. The van der Waals surface area contributed by atoms with E-state index in [0.29, 0.717) is 30.2 Å². The van der Waals surface area contributed by atoms with Gasteiger partial charge in [-0.3, -0.25) is 19.2 Å². The van der Waals surface area contributed by atoms with Crippen LogP contribution < -0.4 is 50.9 Å². The number of amides is 3. The Hall–Kier alpha value is -8.83. The molecule has 7 N–H and O–H groups in total. The van der Waals surface area contributed by atoms with Crippen LogP contribution in [-0.4, -0.2) is 59.9 Å². The predicted molar refractivity (Wildman–Crippen MR) is 230 cm³/mol. The Morgan fingerprint density at radius 3 is 1.33 bits per heavy atom. The molecule has 0 saturated heterocycles. The van der Waals surface area contributed by atoms with Crippen LogP contribution in [0.25, 0.3) is 0 Å². The van der Waals surface area contributed by atoms with Crippen molar-refractivity contribution >= 4 is 45.9 Å². The quantitative estimate of drug-likeness (QED) is 0.0479. The minimum absolute atomic E-state index is 0.154. The molecule has 0 radical (unpaired) electrons. The highest BCUT2D eigenvalue weighted by Gasteiger charge is 2.36. The molecular weight excluding hydrogens is 1070 g/mol. The first-order valence-electron chi connectivity index (χ1n) is 19.5. The highest BCUT2D eigenvalue weighted by molar-refractivity contribution is 6.67. The lowest BCUT2D eigenvalue weighted by atomic mass is 10.1. The van der Waals surface area contributed by atoms with Crippen LogP contribution in [0.1, 0.15) is 52.8 Å². The van der Waals surface area contributed by atoms with Gasteiger partial charge in [0.05, 0.1) is 36.5 Å². The van der Waals surface area contributed by atoms with Gasteiger partial charge in [0, 0.05) is 35.9 Å². The van der Waals surface area contributed by atoms with E-state index < -0.39 is 111 Å². The molecule has 0 fully saturated rings. The van der Waals surface area contributed by atoms with E-state index in [0.717, 1.165) is 74.9 Å². The summed E-state index contributed by atoms with van der Waals surface area (Å²) in [5.41, 5.74) is 10.8. The number of halogens is 15. The third kappa shape index (κ3) is 17.1. The molecule has 31 heteroatoms. The molecule has 6 aromatic rings. The van der Waals surface area contributed by atoms with Crippen molar-refractivity contribution in [2.24, 2.45) is 11.5 Å². The van der Waals surface area contributed by atoms with Gasteiger partial charge >= 0.3 is 25.1 Å². The number of hydrogen-bond donors (Lipinski definition) is 4. The van der Waals surface area contributed by atoms with E-state index >= 15 is 0 Å². The number of ether oxygens (including phenoxy) is 6. The summed E-state index contributed by atoms with van der Waals surface area (Å²) in [6.07, 6.45) is -18.9. The summed E-state index contributed by atoms with van der Waals surface area (Å²) in [6.45, 7) is 0. The zero-order chi connectivity index (χ0) is 56.4. The molecule has 4 aromatic carbocycles. The van der Waals surface area contributed by atoms with Gasteiger partial charge in [0.2, 0.25) is 0 Å². The summed E-state index contributed by atoms with van der Waals surface area (Å²) in [5, 5.41) is 1.02. The van der Waals surface area contributed by atoms with Crippen molar-refractivity contribution in [1.82, 2.24) is 9.97 Å². The van der Waals surface area contributed by atoms with Crippen molar-refractivity contribution in [2.75, 3.05) is 25.3 Å². The molecule has 2 heterocycles. The Kier molecular flexibility index (Phi) is 18.6. The number of primary amides is 2. The fourth-order valence-electron chi connectivity index (χ4n) is 5.48. The van der Waals surface area contributed by atoms with Crippen LogP contribution in [0.4, 0.5) is 72.8 Å². The summed E-state index contributed by atoms with van der Waals surface area (Å²) >= 11 is 5.27. The SMILES string of the molecule is COc1cc(OC(F)(F)F)ccc1Oc1cc(C(F)(F)F)cnc1C(=O)Cl.COc1cc(OC(F)(F)F)ccc1Oc1cc(C(F)(F)F)cnc1C(=O)Nc1ccc(F)c(C(N)=O)c1.NC(=O)c1cc(N)ccc1F. The molecule has 2 aromatic heterocycles. The highest BCUT2D eigenvalue weighted by atomic mass is 35.5. The lowest BCUT2D eigenvalue weighted by Gasteiger charge is -2.16. The van der Waals surface area contributed by atoms with Crippen molar-refractivity contribution in [2.45, 2.75) is 25.1 Å². The Morgan fingerprint density at radius 2 is 0.947 bits per heavy atom. The predicted octanol–water partition coefficient (Wildman–Crippen LogP) is 11.0. The summed E-state index contributed by atoms with van der Waals surface area (Å²) in [7, 11) is 2.12. The number of nitrogens with zero attached hydrogens (tertiary/aromatic N) is 2. The molecule has 0 aliphatic heterocycles. The molecule has 0 aliphatic rings. The lowest BCUT2D eigenvalue weighted by molar-refractivity contribution is -0.275. The minimum atomic E-state index is -5.03. The number of rotatable bonds is 13. The van der Waals surface area contributed by atoms with Crippen LogP contribution >= 0.6 is 11.6 Å². The number of nitrogens with two attached hydrogens (primary N) is 3. The maximum absolute atomic E-state index is 13.7. The number of hydrogen-bond acceptors (Lipinski definition) is 13. The molecule has 6 rings (SSSR count). The van der Waals surface area contributed by atoms with E-state index in [-0.39, 0.29) is 34.2 Å². The van der Waals surface area contributed by atoms with Gasteiger partial charge in [-0.05, 0) is 84.4 Å². The summed E-state index contributed by atoms with van der Waals surface area (Å²) in [4.78, 5) is 52.8. The van der Waals surface area contributed by atoms with Crippen LogP contribution in [0.5, 0.6) is 46.0 Å². The Labute approximate surface area is 414 Å². The molecule has 0 unspecified atom stereocenters. The van der Waals surface area contributed by atoms with Crippen LogP contribution in [0.15, 0.2) is 97.3 Å². The van der Waals surface area contributed by atoms with Crippen molar-refractivity contribution in [1.29, 1.82) is 0 Å². The normalized spacial score (nSPS) is 11.4. The maximum atomic E-state index is 13.7. The number of methoxy groups -OCH3 is 2. The largest absolute Gasteiger partial charge is 0.573 e. The molecule has 0 spiro atoms. The van der Waals surface area contributed by atoms with Crippen molar-refractivity contribution in [3.8, 4) is 46.0 Å². The molecule has 16 nitrogen and oxygen atoms in total. The number of carbonyl (C=O) groups is 4. The average Bonchev–Trinajstić information content (AvgIpc) is 3.30. The van der Waals surface area contributed by atoms with Crippen LogP contribution in [0.2, 0.25) is 0 Å². The second kappa shape index (κ2) is 23.8. The fraction of sp³-hybridized carbons (Fsp3) is 0.136. The molecule has 3 amide bonds. The third-order valence-corrected chi connectivity index (χ3v) is 8.86. The van der Waals surface area contributed by atoms with Crippen LogP contribution in [0, 0.1) is 11.6 Å². The molecule has 0 bridgehead atoms. The third-order valence-electron chi connectivity index (χ3n) is 8.68. The first-order chi connectivity index (χ1) is 34.7. The summed E-state index contributed by atoms with van der Waals surface area (Å²) in [6, 6.07) is 12.4. The Balaban J connectivity index is 0.000000278. The number of nitrogen functional groups attached to an aromatic ring is 1. The Bertz CT molecular complexity index is 3080. The molecule has 0 aliphatic carbocycles. The second-order valence-corrected chi connectivity index (χ2v) is 14.3. The topological polar surface area (TPSA) is 240 Å². The zero-order valence-corrected chi connectivity index (χ0v) is 37.9. The van der Waals surface area contributed by atoms with E-state index in [4.69, 9.17) is 47.7 Å². The number of pyridine rings is 2. The molecule has 0 saturated carbocycles. The van der Waals surface area contributed by atoms with E-state index in [2.05, 4.69) is 24.8 Å². The van der Waals surface area contributed by atoms with Crippen molar-refractivity contribution in [3.63, 3.8) is 0 Å². The van der Waals surface area contributed by atoms with Crippen LogP contribution in [0.3, 0.4) is 0 Å². The summed E-state index contributed by atoms with van der Waals surface area (Å²) < 4.78 is 207. The van der Waals surface area contributed by atoms with Gasteiger partial charge in [-0.1, -0.05) is 0 Å². The van der Waals surface area contributed by atoms with Crippen molar-refractivity contribution in [3.05, 3.63) is 143 Å². The van der Waals surface area contributed by atoms with E-state index in [1.165, 1.54) is 12.1 Å². The fourth-order valence-corrected chi connectivity index (χ4v) is 5.62. The van der Waals surface area contributed by atoms with Gasteiger partial charge in [0.15, 0.2) is 45.9 Å². The van der Waals surface area contributed by atoms with Gasteiger partial charge in [0.25, 0.3) is 23.0 Å². The van der Waals surface area contributed by atoms with Crippen LogP contribution in [-0.2, 0) is 12.4 Å². The van der Waals surface area contributed by atoms with E-state index in [1.54, 1.807) is 0 Å². The van der Waals surface area contributed by atoms with Gasteiger partial charge in [-0.25, -0.2) is 18.7 Å². The van der Waals surface area contributed by atoms with E-state index in [9.17, 15) is 80.6 Å². The first-order valence-corrected chi connectivity index (χ1v) is 19.9. The first kappa shape index (κ1) is 58.7. The molecule has 400 valence electrons. The second-order valence-electron chi connectivity index (χ2n) is 14.0. The van der Waals surface area contributed by atoms with Gasteiger partial charge < -0.3 is 50.9 Å². The van der Waals surface area contributed by atoms with Gasteiger partial charge in [0.1, 0.15) is 23.1 Å². The number of aromatic nitrogens is 2. The molecule has 0 atom stereocenters. The van der Waals surface area contributed by atoms with Gasteiger partial charge in [-0.15, -0.1) is 26.3 Å². The Morgan fingerprint density at radius 1 is 0.533 bits per heavy atom. The lowest BCUT2D eigenvalue weighted by Crippen LogP contribution is -2.18. The summed E-state index contributed by atoms with van der Waals surface area (Å²) in [5.74, 6) is -8.86. The average molecular weight is 1100 g/mol. The number of anilines is 2. The number of carbonyl (C=O) groups excluding carboxylic acids is 4. The monoisotopic (exact) mass is 1100 g/mol. The molecular formula is C44H29ClF14N6O10. The van der Waals surface area contributed by atoms with E-state index in [1.807, 2.05) is 0 Å². The molecule has 75 heavy (non-hydrogen) atoms. The smallest absolute Gasteiger partial charge is 0.493 e. The minimum Gasteiger partial charge on any atom is -0.493 e. The number of alkyl halides is 12. The standard InChI is InChI=1S/C22H14F7N3O5.C15H8ClF6NO4.C7H7FN2O/c1-35-16-8-12(37-22(27,28)29)3-5-15(16)36-17-6-10(21(24,25)26)9-31-18(17)20(34)32-11-2-4-14(23)13(7-11)19(30)33;1-25-10-5-8(27-15(20,21)22)2-3-9(10)26-11-4-7(14(17,18)19)6-23-12(11)13(16)24;8-6-2-1-4(9)3-5(6)7(10)11/h2-9H,1H3,(H2,30,33)(H,32,34);2-6H,1H3;1-3H,9H2,(H2,10,11). The van der Waals surface area contributed by atoms with Crippen molar-refractivity contribution < 1.29 is 109 Å². The zero-order valence-electron chi connectivity index (χ0n) is 37.1. The number of benzene rings is 4. The van der Waals surface area contributed by atoms with Gasteiger partial charge in [-0.2, -0.15) is 26.3 Å². The number of nitrogens with one attached hydrogen (secondary N) is 1.